The summed E-state index contributed by atoms with van der Waals surface area (Å²) >= 11 is 0. The summed E-state index contributed by atoms with van der Waals surface area (Å²) in [6.07, 6.45) is 1.03. The van der Waals surface area contributed by atoms with E-state index in [0.29, 0.717) is 18.5 Å². The van der Waals surface area contributed by atoms with Gasteiger partial charge in [-0.2, -0.15) is 0 Å². The van der Waals surface area contributed by atoms with E-state index in [0.717, 1.165) is 15.8 Å². The highest BCUT2D eigenvalue weighted by Gasteiger charge is 2.07. The summed E-state index contributed by atoms with van der Waals surface area (Å²) in [6.45, 7) is 0. The molecule has 2 aromatic carbocycles. The number of nitrogens with one attached hydrogen (secondary N) is 1. The van der Waals surface area contributed by atoms with Gasteiger partial charge in [0.15, 0.2) is 0 Å². The van der Waals surface area contributed by atoms with Crippen molar-refractivity contribution < 1.29 is 9.59 Å². The predicted octanol–water partition coefficient (Wildman–Crippen LogP) is 1.46. The highest BCUT2D eigenvalue weighted by molar-refractivity contribution is 5.98. The third kappa shape index (κ3) is 1.72. The first-order valence-electron chi connectivity index (χ1n) is 4.79. The number of carbonyl (C=O) groups is 2. The lowest BCUT2D eigenvalue weighted by molar-refractivity contribution is -0.113. The zero-order valence-electron chi connectivity index (χ0n) is 8.46. The van der Waals surface area contributed by atoms with Crippen molar-refractivity contribution in [2.24, 2.45) is 0 Å². The maximum absolute atomic E-state index is 10.8. The first-order valence-corrected chi connectivity index (χ1v) is 4.79. The van der Waals surface area contributed by atoms with Crippen LogP contribution in [0.5, 0.6) is 0 Å². The molecule has 0 saturated carbocycles. The number of carbonyl (C=O) groups excluding carboxylic acids is 2. The fraction of sp³-hybridized carbons (Fsp3) is 0. The largest absolute Gasteiger partial charge is 0.277 e. The van der Waals surface area contributed by atoms with E-state index in [1.165, 1.54) is 0 Å². The SMILES string of the molecule is O=CNN(C=O)c1cccc2ccccc12. The third-order valence-corrected chi connectivity index (χ3v) is 2.32. The molecule has 0 spiro atoms. The van der Waals surface area contributed by atoms with Crippen LogP contribution in [0.25, 0.3) is 10.8 Å². The minimum atomic E-state index is 0.468. The minimum Gasteiger partial charge on any atom is -0.277 e. The van der Waals surface area contributed by atoms with E-state index < -0.39 is 0 Å². The minimum absolute atomic E-state index is 0.468. The molecule has 2 rings (SSSR count). The lowest BCUT2D eigenvalue weighted by Gasteiger charge is -2.17. The molecule has 4 nitrogen and oxygen atoms in total. The summed E-state index contributed by atoms with van der Waals surface area (Å²) in [5, 5.41) is 3.07. The van der Waals surface area contributed by atoms with E-state index in [1.807, 2.05) is 36.4 Å². The van der Waals surface area contributed by atoms with Crippen molar-refractivity contribution >= 4 is 29.3 Å². The molecule has 2 aromatic rings. The second-order valence-electron chi connectivity index (χ2n) is 3.22. The second kappa shape index (κ2) is 4.44. The molecule has 16 heavy (non-hydrogen) atoms. The van der Waals surface area contributed by atoms with Gasteiger partial charge < -0.3 is 0 Å². The number of amides is 2. The maximum atomic E-state index is 10.8. The van der Waals surface area contributed by atoms with Crippen LogP contribution in [-0.2, 0) is 9.59 Å². The van der Waals surface area contributed by atoms with Crippen molar-refractivity contribution in [3.63, 3.8) is 0 Å². The van der Waals surface area contributed by atoms with Gasteiger partial charge in [0.2, 0.25) is 12.8 Å². The Morgan fingerprint density at radius 3 is 2.50 bits per heavy atom. The summed E-state index contributed by atoms with van der Waals surface area (Å²) in [6, 6.07) is 13.2. The van der Waals surface area contributed by atoms with Gasteiger partial charge in [-0.15, -0.1) is 0 Å². The number of hydrogen-bond acceptors (Lipinski definition) is 2. The van der Waals surface area contributed by atoms with Crippen molar-refractivity contribution in [2.75, 3.05) is 5.01 Å². The highest BCUT2D eigenvalue weighted by Crippen LogP contribution is 2.24. The van der Waals surface area contributed by atoms with Crippen LogP contribution in [0.15, 0.2) is 42.5 Å². The fourth-order valence-corrected chi connectivity index (χ4v) is 1.63. The molecule has 0 aliphatic carbocycles. The molecule has 0 atom stereocenters. The zero-order chi connectivity index (χ0) is 11.4. The average molecular weight is 214 g/mol. The lowest BCUT2D eigenvalue weighted by atomic mass is 10.1. The average Bonchev–Trinajstić information content (AvgIpc) is 2.35. The Labute approximate surface area is 92.4 Å². The van der Waals surface area contributed by atoms with E-state index in [9.17, 15) is 9.59 Å². The molecule has 1 N–H and O–H groups in total. The second-order valence-corrected chi connectivity index (χ2v) is 3.22. The summed E-state index contributed by atoms with van der Waals surface area (Å²) < 4.78 is 0. The number of benzene rings is 2. The van der Waals surface area contributed by atoms with E-state index in [2.05, 4.69) is 5.43 Å². The molecule has 0 aliphatic heterocycles. The normalized spacial score (nSPS) is 9.75. The van der Waals surface area contributed by atoms with Gasteiger partial charge in [-0.1, -0.05) is 36.4 Å². The van der Waals surface area contributed by atoms with Crippen molar-refractivity contribution in [2.45, 2.75) is 0 Å². The van der Waals surface area contributed by atoms with Crippen LogP contribution in [0.4, 0.5) is 5.69 Å². The van der Waals surface area contributed by atoms with Crippen LogP contribution in [0.1, 0.15) is 0 Å². The first kappa shape index (κ1) is 10.2. The van der Waals surface area contributed by atoms with Crippen LogP contribution in [-0.4, -0.2) is 12.8 Å². The smallest absolute Gasteiger partial charge is 0.232 e. The lowest BCUT2D eigenvalue weighted by Crippen LogP contribution is -2.35. The summed E-state index contributed by atoms with van der Waals surface area (Å²) in [4.78, 5) is 21.2. The molecule has 0 aliphatic rings. The standard InChI is InChI=1S/C12H10N2O2/c15-8-13-14(9-16)12-7-3-5-10-4-1-2-6-11(10)12/h1-9H,(H,13,15). The Morgan fingerprint density at radius 1 is 1.00 bits per heavy atom. The van der Waals surface area contributed by atoms with Crippen LogP contribution < -0.4 is 10.4 Å². The Kier molecular flexibility index (Phi) is 2.82. The molecule has 0 aromatic heterocycles. The molecule has 0 bridgehead atoms. The van der Waals surface area contributed by atoms with Gasteiger partial charge in [0, 0.05) is 5.39 Å². The molecule has 4 heteroatoms. The summed E-state index contributed by atoms with van der Waals surface area (Å²) in [5.41, 5.74) is 2.98. The molecule has 0 unspecified atom stereocenters. The number of rotatable bonds is 4. The van der Waals surface area contributed by atoms with Crippen LogP contribution in [0.2, 0.25) is 0 Å². The predicted molar refractivity (Wildman–Crippen MR) is 61.7 cm³/mol. The number of fused-ring (bicyclic) bond motifs is 1. The van der Waals surface area contributed by atoms with E-state index >= 15 is 0 Å². The molecule has 0 heterocycles. The molecule has 0 saturated heterocycles. The Morgan fingerprint density at radius 2 is 1.75 bits per heavy atom. The van der Waals surface area contributed by atoms with Gasteiger partial charge in [0.1, 0.15) is 0 Å². The Hall–Kier alpha value is -2.36. The maximum Gasteiger partial charge on any atom is 0.232 e. The van der Waals surface area contributed by atoms with Gasteiger partial charge in [-0.3, -0.25) is 15.0 Å². The molecule has 2 amide bonds. The number of hydrazine groups is 1. The van der Waals surface area contributed by atoms with Gasteiger partial charge in [0.05, 0.1) is 5.69 Å². The van der Waals surface area contributed by atoms with Crippen LogP contribution in [0.3, 0.4) is 0 Å². The van der Waals surface area contributed by atoms with Gasteiger partial charge >= 0.3 is 0 Å². The molecule has 0 fully saturated rings. The summed E-state index contributed by atoms with van der Waals surface area (Å²) in [5.74, 6) is 0. The Balaban J connectivity index is 2.58. The molecular weight excluding hydrogens is 204 g/mol. The van der Waals surface area contributed by atoms with Crippen LogP contribution >= 0.6 is 0 Å². The number of nitrogens with zero attached hydrogens (tertiary/aromatic N) is 1. The van der Waals surface area contributed by atoms with Gasteiger partial charge in [-0.05, 0) is 11.5 Å². The molecule has 80 valence electrons. The van der Waals surface area contributed by atoms with E-state index in [-0.39, 0.29) is 0 Å². The zero-order valence-corrected chi connectivity index (χ0v) is 8.46. The van der Waals surface area contributed by atoms with Crippen molar-refractivity contribution in [1.29, 1.82) is 0 Å². The summed E-state index contributed by atoms with van der Waals surface area (Å²) in [7, 11) is 0. The van der Waals surface area contributed by atoms with Gasteiger partial charge in [0.25, 0.3) is 0 Å². The quantitative estimate of drug-likeness (QED) is 0.618. The van der Waals surface area contributed by atoms with Crippen LogP contribution in [0, 0.1) is 0 Å². The van der Waals surface area contributed by atoms with E-state index in [1.54, 1.807) is 6.07 Å². The van der Waals surface area contributed by atoms with Crippen molar-refractivity contribution in [3.05, 3.63) is 42.5 Å². The number of anilines is 1. The Bertz CT molecular complexity index is 520. The van der Waals surface area contributed by atoms with E-state index in [4.69, 9.17) is 0 Å². The first-order chi connectivity index (χ1) is 7.86. The van der Waals surface area contributed by atoms with Crippen molar-refractivity contribution in [1.82, 2.24) is 5.43 Å². The molecular formula is C12H10N2O2. The monoisotopic (exact) mass is 214 g/mol. The highest BCUT2D eigenvalue weighted by atomic mass is 16.2. The molecule has 0 radical (unpaired) electrons. The topological polar surface area (TPSA) is 49.4 Å². The van der Waals surface area contributed by atoms with Gasteiger partial charge in [-0.25, -0.2) is 5.01 Å². The van der Waals surface area contributed by atoms with Crippen molar-refractivity contribution in [3.8, 4) is 0 Å². The number of hydrogen-bond donors (Lipinski definition) is 1. The fourth-order valence-electron chi connectivity index (χ4n) is 1.63. The third-order valence-electron chi connectivity index (χ3n) is 2.32.